The van der Waals surface area contributed by atoms with E-state index < -0.39 is 0 Å². The van der Waals surface area contributed by atoms with Gasteiger partial charge in [0.15, 0.2) is 0 Å². The molecule has 0 radical (unpaired) electrons. The van der Waals surface area contributed by atoms with Gasteiger partial charge in [-0.25, -0.2) is 9.78 Å². The first-order valence-corrected chi connectivity index (χ1v) is 8.61. The minimum atomic E-state index is -0.354. The summed E-state index contributed by atoms with van der Waals surface area (Å²) in [5.41, 5.74) is 3.11. The van der Waals surface area contributed by atoms with Gasteiger partial charge in [-0.05, 0) is 49.7 Å². The van der Waals surface area contributed by atoms with Crippen molar-refractivity contribution in [2.45, 2.75) is 26.7 Å². The van der Waals surface area contributed by atoms with Gasteiger partial charge in [-0.2, -0.15) is 0 Å². The number of ether oxygens (including phenoxy) is 1. The lowest BCUT2D eigenvalue weighted by atomic mass is 10.2. The number of nitrogens with one attached hydrogen (secondary N) is 1. The first kappa shape index (κ1) is 17.7. The standard InChI is InChI=1S/C20H21N3O3/c1-3-4-12-26-20(25)15-8-10-16(11-9-15)21-19(24)17-13-23-14(2)6-5-7-18(23)22-17/h5-11,13H,3-4,12H2,1-2H3,(H,21,24). The summed E-state index contributed by atoms with van der Waals surface area (Å²) >= 11 is 0. The van der Waals surface area contributed by atoms with Crippen LogP contribution >= 0.6 is 0 Å². The van der Waals surface area contributed by atoms with E-state index in [1.54, 1.807) is 30.5 Å². The molecule has 0 fully saturated rings. The number of carbonyl (C=O) groups excluding carboxylic acids is 2. The minimum absolute atomic E-state index is 0.300. The van der Waals surface area contributed by atoms with Gasteiger partial charge >= 0.3 is 5.97 Å². The number of anilines is 1. The summed E-state index contributed by atoms with van der Waals surface area (Å²) < 4.78 is 7.03. The lowest BCUT2D eigenvalue weighted by Gasteiger charge is -2.06. The average molecular weight is 351 g/mol. The molecule has 0 aliphatic rings. The third kappa shape index (κ3) is 3.91. The Morgan fingerprint density at radius 1 is 1.15 bits per heavy atom. The molecule has 6 heteroatoms. The Kier molecular flexibility index (Phi) is 5.31. The number of esters is 1. The summed E-state index contributed by atoms with van der Waals surface area (Å²) in [6.45, 7) is 4.41. The van der Waals surface area contributed by atoms with Crippen LogP contribution in [-0.4, -0.2) is 27.9 Å². The number of rotatable bonds is 6. The largest absolute Gasteiger partial charge is 0.462 e. The first-order chi connectivity index (χ1) is 12.6. The number of benzene rings is 1. The maximum absolute atomic E-state index is 12.4. The number of hydrogen-bond donors (Lipinski definition) is 1. The minimum Gasteiger partial charge on any atom is -0.462 e. The van der Waals surface area contributed by atoms with Crippen LogP contribution in [0.1, 0.15) is 46.3 Å². The van der Waals surface area contributed by atoms with Gasteiger partial charge in [0.25, 0.3) is 5.91 Å². The fourth-order valence-corrected chi connectivity index (χ4v) is 2.54. The summed E-state index contributed by atoms with van der Waals surface area (Å²) in [6, 6.07) is 12.3. The molecule has 1 aromatic carbocycles. The highest BCUT2D eigenvalue weighted by Crippen LogP contribution is 2.14. The fraction of sp³-hybridized carbons (Fsp3) is 0.250. The van der Waals surface area contributed by atoms with E-state index in [-0.39, 0.29) is 11.9 Å². The molecule has 3 rings (SSSR count). The van der Waals surface area contributed by atoms with Crippen LogP contribution in [0.5, 0.6) is 0 Å². The van der Waals surface area contributed by atoms with Crippen LogP contribution in [-0.2, 0) is 4.74 Å². The van der Waals surface area contributed by atoms with E-state index in [9.17, 15) is 9.59 Å². The van der Waals surface area contributed by atoms with Crippen LogP contribution < -0.4 is 5.32 Å². The van der Waals surface area contributed by atoms with Crippen LogP contribution in [0.25, 0.3) is 5.65 Å². The van der Waals surface area contributed by atoms with Gasteiger partial charge in [-0.3, -0.25) is 4.79 Å². The van der Waals surface area contributed by atoms with Crippen LogP contribution in [0.3, 0.4) is 0 Å². The second-order valence-corrected chi connectivity index (χ2v) is 6.04. The van der Waals surface area contributed by atoms with Gasteiger partial charge in [-0.15, -0.1) is 0 Å². The third-order valence-electron chi connectivity index (χ3n) is 4.04. The van der Waals surface area contributed by atoms with Crippen molar-refractivity contribution in [1.29, 1.82) is 0 Å². The fourth-order valence-electron chi connectivity index (χ4n) is 2.54. The molecule has 6 nitrogen and oxygen atoms in total. The maximum atomic E-state index is 12.4. The Labute approximate surface area is 151 Å². The van der Waals surface area contributed by atoms with Crippen molar-refractivity contribution in [3.8, 4) is 0 Å². The SMILES string of the molecule is CCCCOC(=O)c1ccc(NC(=O)c2cn3c(C)cccc3n2)cc1. The Morgan fingerprint density at radius 3 is 2.62 bits per heavy atom. The van der Waals surface area contributed by atoms with Crippen LogP contribution in [0.2, 0.25) is 0 Å². The molecular formula is C20H21N3O3. The summed E-state index contributed by atoms with van der Waals surface area (Å²) in [6.07, 6.45) is 3.53. The number of imidazole rings is 1. The lowest BCUT2D eigenvalue weighted by Crippen LogP contribution is -2.12. The van der Waals surface area contributed by atoms with Gasteiger partial charge in [0.2, 0.25) is 0 Å². The summed E-state index contributed by atoms with van der Waals surface area (Å²) in [7, 11) is 0. The molecule has 1 N–H and O–H groups in total. The van der Waals surface area contributed by atoms with Gasteiger partial charge in [0, 0.05) is 17.6 Å². The van der Waals surface area contributed by atoms with Gasteiger partial charge in [0.1, 0.15) is 11.3 Å². The van der Waals surface area contributed by atoms with Crippen molar-refractivity contribution in [3.05, 3.63) is 65.6 Å². The van der Waals surface area contributed by atoms with E-state index in [1.165, 1.54) is 0 Å². The van der Waals surface area contributed by atoms with Gasteiger partial charge in [0.05, 0.1) is 12.2 Å². The molecule has 3 aromatic rings. The molecule has 1 amide bonds. The molecule has 0 saturated heterocycles. The first-order valence-electron chi connectivity index (χ1n) is 8.61. The highest BCUT2D eigenvalue weighted by molar-refractivity contribution is 6.03. The van der Waals surface area contributed by atoms with E-state index in [0.717, 1.165) is 24.2 Å². The highest BCUT2D eigenvalue weighted by atomic mass is 16.5. The predicted molar refractivity (Wildman–Crippen MR) is 99.5 cm³/mol. The molecule has 0 unspecified atom stereocenters. The van der Waals surface area contributed by atoms with E-state index in [0.29, 0.717) is 23.6 Å². The van der Waals surface area contributed by atoms with Crippen molar-refractivity contribution in [3.63, 3.8) is 0 Å². The summed E-state index contributed by atoms with van der Waals surface area (Å²) in [5, 5.41) is 2.79. The second kappa shape index (κ2) is 7.82. The Bertz CT molecular complexity index is 929. The number of unbranched alkanes of at least 4 members (excludes halogenated alkanes) is 1. The van der Waals surface area contributed by atoms with Crippen molar-refractivity contribution in [2.75, 3.05) is 11.9 Å². The molecule has 0 spiro atoms. The number of pyridine rings is 1. The van der Waals surface area contributed by atoms with E-state index in [2.05, 4.69) is 10.3 Å². The second-order valence-electron chi connectivity index (χ2n) is 6.04. The molecule has 2 heterocycles. The van der Waals surface area contributed by atoms with E-state index in [4.69, 9.17) is 4.74 Å². The van der Waals surface area contributed by atoms with Gasteiger partial charge < -0.3 is 14.5 Å². The monoisotopic (exact) mass is 351 g/mol. The zero-order valence-corrected chi connectivity index (χ0v) is 14.9. The summed E-state index contributed by atoms with van der Waals surface area (Å²) in [4.78, 5) is 28.6. The molecule has 0 bridgehead atoms. The maximum Gasteiger partial charge on any atom is 0.338 e. The van der Waals surface area contributed by atoms with Crippen molar-refractivity contribution >= 4 is 23.2 Å². The zero-order chi connectivity index (χ0) is 18.5. The van der Waals surface area contributed by atoms with Crippen molar-refractivity contribution in [2.24, 2.45) is 0 Å². The number of fused-ring (bicyclic) bond motifs is 1. The average Bonchev–Trinajstić information content (AvgIpc) is 3.08. The molecule has 2 aromatic heterocycles. The normalized spacial score (nSPS) is 10.7. The molecule has 0 saturated carbocycles. The molecule has 0 aliphatic heterocycles. The van der Waals surface area contributed by atoms with Crippen LogP contribution in [0, 0.1) is 6.92 Å². The Hall–Kier alpha value is -3.15. The van der Waals surface area contributed by atoms with E-state index in [1.807, 2.05) is 36.4 Å². The highest BCUT2D eigenvalue weighted by Gasteiger charge is 2.12. The van der Waals surface area contributed by atoms with Crippen LogP contribution in [0.15, 0.2) is 48.7 Å². The van der Waals surface area contributed by atoms with E-state index >= 15 is 0 Å². The predicted octanol–water partition coefficient (Wildman–Crippen LogP) is 3.85. The number of nitrogens with zero attached hydrogens (tertiary/aromatic N) is 2. The topological polar surface area (TPSA) is 72.7 Å². The third-order valence-corrected chi connectivity index (χ3v) is 4.04. The van der Waals surface area contributed by atoms with Crippen molar-refractivity contribution < 1.29 is 14.3 Å². The molecular weight excluding hydrogens is 330 g/mol. The number of hydrogen-bond acceptors (Lipinski definition) is 4. The number of aryl methyl sites for hydroxylation is 1. The van der Waals surface area contributed by atoms with Crippen molar-refractivity contribution in [1.82, 2.24) is 9.38 Å². The quantitative estimate of drug-likeness (QED) is 0.541. The zero-order valence-electron chi connectivity index (χ0n) is 14.9. The summed E-state index contributed by atoms with van der Waals surface area (Å²) in [5.74, 6) is -0.654. The molecule has 0 atom stereocenters. The number of amides is 1. The molecule has 0 aliphatic carbocycles. The lowest BCUT2D eigenvalue weighted by molar-refractivity contribution is 0.0499. The molecule has 26 heavy (non-hydrogen) atoms. The van der Waals surface area contributed by atoms with Gasteiger partial charge in [-0.1, -0.05) is 19.4 Å². The molecule has 134 valence electrons. The number of carbonyl (C=O) groups is 2. The van der Waals surface area contributed by atoms with Crippen LogP contribution in [0.4, 0.5) is 5.69 Å². The Morgan fingerprint density at radius 2 is 1.92 bits per heavy atom. The number of aromatic nitrogens is 2. The smallest absolute Gasteiger partial charge is 0.338 e. The Balaban J connectivity index is 1.67.